The molecule has 4 heteroatoms. The Bertz CT molecular complexity index is 338. The van der Waals surface area contributed by atoms with Crippen molar-refractivity contribution in [3.63, 3.8) is 0 Å². The Hall–Kier alpha value is -1.26. The van der Waals surface area contributed by atoms with Crippen LogP contribution in [0.1, 0.15) is 11.1 Å². The van der Waals surface area contributed by atoms with E-state index in [1.54, 1.807) is 0 Å². The molecule has 0 bridgehead atoms. The summed E-state index contributed by atoms with van der Waals surface area (Å²) in [6, 6.07) is 3.91. The molecule has 0 saturated heterocycles. The number of nitrogens with one attached hydrogen (secondary N) is 1. The third-order valence-electron chi connectivity index (χ3n) is 2.13. The maximum Gasteiger partial charge on any atom is 0.165 e. The molecule has 0 fully saturated rings. The van der Waals surface area contributed by atoms with E-state index >= 15 is 0 Å². The SMILES string of the molecule is Cc1cc(CNO)c2c(c1)OCCO2. The normalized spacial score (nSPS) is 14.1. The minimum atomic E-state index is 0.368. The smallest absolute Gasteiger partial charge is 0.165 e. The van der Waals surface area contributed by atoms with E-state index in [0.717, 1.165) is 22.6 Å². The maximum absolute atomic E-state index is 8.67. The molecule has 1 heterocycles. The predicted molar refractivity (Wildman–Crippen MR) is 50.8 cm³/mol. The summed E-state index contributed by atoms with van der Waals surface area (Å²) < 4.78 is 10.9. The van der Waals surface area contributed by atoms with Crippen molar-refractivity contribution in [3.8, 4) is 11.5 Å². The summed E-state index contributed by atoms with van der Waals surface area (Å²) in [5.74, 6) is 1.50. The van der Waals surface area contributed by atoms with Gasteiger partial charge in [-0.1, -0.05) is 6.07 Å². The molecular formula is C10H13NO3. The van der Waals surface area contributed by atoms with Crippen LogP contribution in [-0.4, -0.2) is 18.4 Å². The summed E-state index contributed by atoms with van der Waals surface area (Å²) >= 11 is 0. The molecular weight excluding hydrogens is 182 g/mol. The van der Waals surface area contributed by atoms with Gasteiger partial charge in [0.1, 0.15) is 13.2 Å². The first-order valence-corrected chi connectivity index (χ1v) is 4.57. The van der Waals surface area contributed by atoms with Gasteiger partial charge in [-0.15, -0.1) is 0 Å². The first kappa shape index (κ1) is 9.30. The van der Waals surface area contributed by atoms with E-state index < -0.39 is 0 Å². The van der Waals surface area contributed by atoms with E-state index in [9.17, 15) is 0 Å². The summed E-state index contributed by atoms with van der Waals surface area (Å²) in [5, 5.41) is 8.67. The molecule has 0 aliphatic carbocycles. The average molecular weight is 195 g/mol. The largest absolute Gasteiger partial charge is 0.486 e. The summed E-state index contributed by atoms with van der Waals surface area (Å²) in [6.45, 7) is 3.50. The summed E-state index contributed by atoms with van der Waals surface area (Å²) in [5.41, 5.74) is 4.14. The quantitative estimate of drug-likeness (QED) is 0.697. The van der Waals surface area contributed by atoms with Gasteiger partial charge in [0.05, 0.1) is 0 Å². The third kappa shape index (κ3) is 1.66. The lowest BCUT2D eigenvalue weighted by molar-refractivity contribution is 0.150. The Labute approximate surface area is 82.4 Å². The molecule has 0 aromatic heterocycles. The Morgan fingerprint density at radius 2 is 2.14 bits per heavy atom. The number of aryl methyl sites for hydroxylation is 1. The molecule has 0 amide bonds. The zero-order chi connectivity index (χ0) is 9.97. The zero-order valence-corrected chi connectivity index (χ0v) is 8.04. The minimum absolute atomic E-state index is 0.368. The molecule has 2 rings (SSSR count). The van der Waals surface area contributed by atoms with Crippen LogP contribution in [0.4, 0.5) is 0 Å². The van der Waals surface area contributed by atoms with Crippen molar-refractivity contribution in [3.05, 3.63) is 23.3 Å². The molecule has 0 spiro atoms. The van der Waals surface area contributed by atoms with Crippen LogP contribution in [0.2, 0.25) is 0 Å². The van der Waals surface area contributed by atoms with Crippen molar-refractivity contribution >= 4 is 0 Å². The highest BCUT2D eigenvalue weighted by molar-refractivity contribution is 5.49. The van der Waals surface area contributed by atoms with Crippen LogP contribution in [-0.2, 0) is 6.54 Å². The average Bonchev–Trinajstić information content (AvgIpc) is 2.18. The van der Waals surface area contributed by atoms with Gasteiger partial charge in [0, 0.05) is 12.1 Å². The standard InChI is InChI=1S/C10H13NO3/c1-7-4-8(6-11-12)10-9(5-7)13-2-3-14-10/h4-5,11-12H,2-3,6H2,1H3. The van der Waals surface area contributed by atoms with Crippen LogP contribution in [0.25, 0.3) is 0 Å². The van der Waals surface area contributed by atoms with Gasteiger partial charge in [-0.3, -0.25) is 0 Å². The van der Waals surface area contributed by atoms with Gasteiger partial charge in [-0.25, -0.2) is 5.48 Å². The molecule has 0 atom stereocenters. The second kappa shape index (κ2) is 3.86. The first-order chi connectivity index (χ1) is 6.81. The highest BCUT2D eigenvalue weighted by atomic mass is 16.6. The lowest BCUT2D eigenvalue weighted by Gasteiger charge is -2.21. The van der Waals surface area contributed by atoms with Crippen LogP contribution in [0, 0.1) is 6.92 Å². The van der Waals surface area contributed by atoms with Crippen LogP contribution >= 0.6 is 0 Å². The van der Waals surface area contributed by atoms with Gasteiger partial charge in [0.2, 0.25) is 0 Å². The maximum atomic E-state index is 8.67. The Balaban J connectivity index is 2.41. The monoisotopic (exact) mass is 195 g/mol. The molecule has 0 radical (unpaired) electrons. The molecule has 4 nitrogen and oxygen atoms in total. The first-order valence-electron chi connectivity index (χ1n) is 4.57. The van der Waals surface area contributed by atoms with Crippen LogP contribution in [0.15, 0.2) is 12.1 Å². The number of rotatable bonds is 2. The van der Waals surface area contributed by atoms with Crippen molar-refractivity contribution in [1.82, 2.24) is 5.48 Å². The molecule has 76 valence electrons. The molecule has 14 heavy (non-hydrogen) atoms. The highest BCUT2D eigenvalue weighted by Gasteiger charge is 2.16. The fourth-order valence-corrected chi connectivity index (χ4v) is 1.60. The lowest BCUT2D eigenvalue weighted by Crippen LogP contribution is -2.18. The summed E-state index contributed by atoms with van der Waals surface area (Å²) in [7, 11) is 0. The van der Waals surface area contributed by atoms with Gasteiger partial charge < -0.3 is 14.7 Å². The second-order valence-electron chi connectivity index (χ2n) is 3.28. The second-order valence-corrected chi connectivity index (χ2v) is 3.28. The van der Waals surface area contributed by atoms with E-state index in [1.807, 2.05) is 19.1 Å². The minimum Gasteiger partial charge on any atom is -0.486 e. The van der Waals surface area contributed by atoms with Crippen molar-refractivity contribution in [2.45, 2.75) is 13.5 Å². The number of benzene rings is 1. The van der Waals surface area contributed by atoms with E-state index in [4.69, 9.17) is 14.7 Å². The Morgan fingerprint density at radius 1 is 1.36 bits per heavy atom. The van der Waals surface area contributed by atoms with Gasteiger partial charge in [-0.05, 0) is 18.6 Å². The summed E-state index contributed by atoms with van der Waals surface area (Å²) in [6.07, 6.45) is 0. The Kier molecular flexibility index (Phi) is 2.56. The van der Waals surface area contributed by atoms with Gasteiger partial charge >= 0.3 is 0 Å². The van der Waals surface area contributed by atoms with Crippen molar-refractivity contribution in [1.29, 1.82) is 0 Å². The topological polar surface area (TPSA) is 50.7 Å². The molecule has 0 saturated carbocycles. The number of fused-ring (bicyclic) bond motifs is 1. The van der Waals surface area contributed by atoms with Gasteiger partial charge in [0.15, 0.2) is 11.5 Å². The molecule has 2 N–H and O–H groups in total. The van der Waals surface area contributed by atoms with Crippen LogP contribution < -0.4 is 15.0 Å². The van der Waals surface area contributed by atoms with Crippen molar-refractivity contribution < 1.29 is 14.7 Å². The van der Waals surface area contributed by atoms with Gasteiger partial charge in [-0.2, -0.15) is 0 Å². The highest BCUT2D eigenvalue weighted by Crippen LogP contribution is 2.34. The third-order valence-corrected chi connectivity index (χ3v) is 2.13. The number of hydroxylamine groups is 1. The molecule has 1 aliphatic heterocycles. The lowest BCUT2D eigenvalue weighted by atomic mass is 10.1. The van der Waals surface area contributed by atoms with E-state index in [1.165, 1.54) is 0 Å². The number of ether oxygens (including phenoxy) is 2. The Morgan fingerprint density at radius 3 is 2.93 bits per heavy atom. The number of hydrogen-bond donors (Lipinski definition) is 2. The molecule has 1 aliphatic rings. The fraction of sp³-hybridized carbons (Fsp3) is 0.400. The number of hydrogen-bond acceptors (Lipinski definition) is 4. The van der Waals surface area contributed by atoms with Crippen molar-refractivity contribution in [2.75, 3.05) is 13.2 Å². The fourth-order valence-electron chi connectivity index (χ4n) is 1.60. The van der Waals surface area contributed by atoms with E-state index in [2.05, 4.69) is 5.48 Å². The molecule has 0 unspecified atom stereocenters. The molecule has 1 aromatic carbocycles. The van der Waals surface area contributed by atoms with Crippen LogP contribution in [0.3, 0.4) is 0 Å². The summed E-state index contributed by atoms with van der Waals surface area (Å²) in [4.78, 5) is 0. The van der Waals surface area contributed by atoms with E-state index in [-0.39, 0.29) is 0 Å². The van der Waals surface area contributed by atoms with Crippen molar-refractivity contribution in [2.24, 2.45) is 0 Å². The van der Waals surface area contributed by atoms with Gasteiger partial charge in [0.25, 0.3) is 0 Å². The zero-order valence-electron chi connectivity index (χ0n) is 8.04. The van der Waals surface area contributed by atoms with Crippen LogP contribution in [0.5, 0.6) is 11.5 Å². The van der Waals surface area contributed by atoms with E-state index in [0.29, 0.717) is 19.8 Å². The molecule has 1 aromatic rings. The predicted octanol–water partition coefficient (Wildman–Crippen LogP) is 1.25.